The van der Waals surface area contributed by atoms with Gasteiger partial charge in [0.05, 0.1) is 12.8 Å². The molecule has 1 aromatic rings. The quantitative estimate of drug-likeness (QED) is 0.559. The number of pyridine rings is 1. The molecule has 0 saturated heterocycles. The molecular formula is C14H23N3O3. The Balaban J connectivity index is 2.41. The third kappa shape index (κ3) is 5.44. The van der Waals surface area contributed by atoms with Gasteiger partial charge in [-0.2, -0.15) is 0 Å². The zero-order valence-electron chi connectivity index (χ0n) is 12.3. The highest BCUT2D eigenvalue weighted by Crippen LogP contribution is 2.16. The smallest absolute Gasteiger partial charge is 0.356 e. The van der Waals surface area contributed by atoms with E-state index in [4.69, 9.17) is 10.5 Å². The predicted molar refractivity (Wildman–Crippen MR) is 78.8 cm³/mol. The highest BCUT2D eigenvalue weighted by molar-refractivity contribution is 5.88. The molecule has 0 fully saturated rings. The first-order chi connectivity index (χ1) is 9.54. The van der Waals surface area contributed by atoms with Crippen molar-refractivity contribution in [3.63, 3.8) is 0 Å². The number of nitrogens with one attached hydrogen (secondary N) is 1. The molecule has 0 atom stereocenters. The van der Waals surface area contributed by atoms with Gasteiger partial charge in [0.2, 0.25) is 0 Å². The first kappa shape index (κ1) is 16.2. The van der Waals surface area contributed by atoms with Crippen molar-refractivity contribution in [1.82, 2.24) is 4.98 Å². The summed E-state index contributed by atoms with van der Waals surface area (Å²) in [4.78, 5) is 15.5. The van der Waals surface area contributed by atoms with E-state index in [1.54, 1.807) is 6.07 Å². The van der Waals surface area contributed by atoms with Crippen LogP contribution in [-0.2, 0) is 9.47 Å². The van der Waals surface area contributed by atoms with E-state index in [1.165, 1.54) is 13.2 Å². The first-order valence-electron chi connectivity index (χ1n) is 6.71. The lowest BCUT2D eigenvalue weighted by atomic mass is 10.2. The number of hydrogen-bond donors (Lipinski definition) is 2. The second kappa shape index (κ2) is 8.37. The van der Waals surface area contributed by atoms with Crippen LogP contribution in [0.15, 0.2) is 12.1 Å². The van der Waals surface area contributed by atoms with Gasteiger partial charge in [-0.1, -0.05) is 13.8 Å². The van der Waals surface area contributed by atoms with Crippen molar-refractivity contribution in [2.24, 2.45) is 5.92 Å². The molecule has 0 unspecified atom stereocenters. The van der Waals surface area contributed by atoms with Crippen molar-refractivity contribution >= 4 is 17.5 Å². The van der Waals surface area contributed by atoms with Crippen molar-refractivity contribution in [2.75, 3.05) is 37.9 Å². The minimum atomic E-state index is -0.478. The molecule has 0 amide bonds. The Morgan fingerprint density at radius 1 is 1.45 bits per heavy atom. The number of nitrogen functional groups attached to an aromatic ring is 1. The molecular weight excluding hydrogens is 258 g/mol. The van der Waals surface area contributed by atoms with Crippen LogP contribution in [0.3, 0.4) is 0 Å². The molecule has 6 nitrogen and oxygen atoms in total. The molecule has 0 aliphatic heterocycles. The maximum Gasteiger partial charge on any atom is 0.356 e. The molecule has 0 saturated carbocycles. The summed E-state index contributed by atoms with van der Waals surface area (Å²) in [6.45, 7) is 6.35. The second-order valence-electron chi connectivity index (χ2n) is 4.87. The number of anilines is 2. The minimum absolute atomic E-state index is 0.236. The van der Waals surface area contributed by atoms with Crippen molar-refractivity contribution in [1.29, 1.82) is 0 Å². The second-order valence-corrected chi connectivity index (χ2v) is 4.87. The molecule has 112 valence electrons. The monoisotopic (exact) mass is 281 g/mol. The molecule has 6 heteroatoms. The molecule has 20 heavy (non-hydrogen) atoms. The Hall–Kier alpha value is -1.82. The molecule has 1 heterocycles. The normalized spacial score (nSPS) is 10.6. The van der Waals surface area contributed by atoms with Gasteiger partial charge in [0.15, 0.2) is 5.69 Å². The predicted octanol–water partition coefficient (Wildman–Crippen LogP) is 1.92. The zero-order chi connectivity index (χ0) is 15.0. The molecule has 1 aromatic heterocycles. The highest BCUT2D eigenvalue weighted by atomic mass is 16.5. The number of ether oxygens (including phenoxy) is 2. The van der Waals surface area contributed by atoms with E-state index in [2.05, 4.69) is 28.9 Å². The first-order valence-corrected chi connectivity index (χ1v) is 6.71. The number of hydrogen-bond acceptors (Lipinski definition) is 6. The summed E-state index contributed by atoms with van der Waals surface area (Å²) < 4.78 is 10.1. The van der Waals surface area contributed by atoms with Crippen molar-refractivity contribution in [2.45, 2.75) is 20.3 Å². The van der Waals surface area contributed by atoms with Crippen LogP contribution in [0.4, 0.5) is 11.5 Å². The Bertz CT molecular complexity index is 436. The summed E-state index contributed by atoms with van der Waals surface area (Å²) >= 11 is 0. The molecule has 0 spiro atoms. The van der Waals surface area contributed by atoms with E-state index >= 15 is 0 Å². The Morgan fingerprint density at radius 3 is 2.85 bits per heavy atom. The third-order valence-corrected chi connectivity index (χ3v) is 2.53. The van der Waals surface area contributed by atoms with E-state index in [1.807, 2.05) is 0 Å². The van der Waals surface area contributed by atoms with Crippen LogP contribution in [0.5, 0.6) is 0 Å². The van der Waals surface area contributed by atoms with E-state index in [0.717, 1.165) is 13.0 Å². The minimum Gasteiger partial charge on any atom is -0.464 e. The molecule has 3 N–H and O–H groups in total. The summed E-state index contributed by atoms with van der Waals surface area (Å²) in [7, 11) is 1.32. The van der Waals surface area contributed by atoms with Crippen LogP contribution >= 0.6 is 0 Å². The number of nitrogens with zero attached hydrogens (tertiary/aromatic N) is 1. The topological polar surface area (TPSA) is 86.5 Å². The van der Waals surface area contributed by atoms with Gasteiger partial charge in [0.1, 0.15) is 5.82 Å². The average molecular weight is 281 g/mol. The van der Waals surface area contributed by atoms with E-state index in [-0.39, 0.29) is 5.69 Å². The zero-order valence-corrected chi connectivity index (χ0v) is 12.3. The Kier molecular flexibility index (Phi) is 6.79. The fourth-order valence-electron chi connectivity index (χ4n) is 1.53. The molecule has 1 rings (SSSR count). The summed E-state index contributed by atoms with van der Waals surface area (Å²) in [6, 6.07) is 3.18. The van der Waals surface area contributed by atoms with Crippen LogP contribution in [0.1, 0.15) is 30.8 Å². The fraction of sp³-hybridized carbons (Fsp3) is 0.571. The summed E-state index contributed by atoms with van der Waals surface area (Å²) in [5.74, 6) is 0.557. The standard InChI is InChI=1S/C14H23N3O3/c1-10(2)9-20-8-4-7-16-13-11(15)5-6-12(17-13)14(18)19-3/h5-6,10H,4,7-9,15H2,1-3H3,(H,16,17). The lowest BCUT2D eigenvalue weighted by molar-refractivity contribution is 0.0594. The van der Waals surface area contributed by atoms with Crippen molar-refractivity contribution < 1.29 is 14.3 Å². The van der Waals surface area contributed by atoms with Crippen LogP contribution in [-0.4, -0.2) is 37.8 Å². The average Bonchev–Trinajstić information content (AvgIpc) is 2.43. The maximum atomic E-state index is 11.4. The van der Waals surface area contributed by atoms with Gasteiger partial charge >= 0.3 is 5.97 Å². The van der Waals surface area contributed by atoms with Gasteiger partial charge in [0.25, 0.3) is 0 Å². The Labute approximate surface area is 119 Å². The van der Waals surface area contributed by atoms with Gasteiger partial charge in [-0.15, -0.1) is 0 Å². The number of aromatic nitrogens is 1. The third-order valence-electron chi connectivity index (χ3n) is 2.53. The lowest BCUT2D eigenvalue weighted by Gasteiger charge is -2.10. The summed E-state index contributed by atoms with van der Waals surface area (Å²) in [6.07, 6.45) is 0.844. The molecule has 0 bridgehead atoms. The number of carbonyl (C=O) groups excluding carboxylic acids is 1. The van der Waals surface area contributed by atoms with Gasteiger partial charge < -0.3 is 20.5 Å². The molecule has 0 aromatic carbocycles. The van der Waals surface area contributed by atoms with Crippen LogP contribution in [0, 0.1) is 5.92 Å². The van der Waals surface area contributed by atoms with E-state index < -0.39 is 5.97 Å². The summed E-state index contributed by atoms with van der Waals surface area (Å²) in [5.41, 5.74) is 6.54. The fourth-order valence-corrected chi connectivity index (χ4v) is 1.53. The van der Waals surface area contributed by atoms with Gasteiger partial charge in [-0.3, -0.25) is 0 Å². The SMILES string of the molecule is COC(=O)c1ccc(N)c(NCCCOCC(C)C)n1. The van der Waals surface area contributed by atoms with Crippen LogP contribution in [0.2, 0.25) is 0 Å². The number of carbonyl (C=O) groups is 1. The Morgan fingerprint density at radius 2 is 2.20 bits per heavy atom. The van der Waals surface area contributed by atoms with Crippen LogP contribution in [0.25, 0.3) is 0 Å². The van der Waals surface area contributed by atoms with Gasteiger partial charge in [-0.05, 0) is 24.5 Å². The highest BCUT2D eigenvalue weighted by Gasteiger charge is 2.09. The molecule has 0 aliphatic carbocycles. The molecule has 0 aliphatic rings. The van der Waals surface area contributed by atoms with E-state index in [9.17, 15) is 4.79 Å². The maximum absolute atomic E-state index is 11.4. The number of nitrogens with two attached hydrogens (primary N) is 1. The van der Waals surface area contributed by atoms with Crippen LogP contribution < -0.4 is 11.1 Å². The number of methoxy groups -OCH3 is 1. The molecule has 0 radical (unpaired) electrons. The lowest BCUT2D eigenvalue weighted by Crippen LogP contribution is -2.12. The van der Waals surface area contributed by atoms with Gasteiger partial charge in [0, 0.05) is 19.8 Å². The number of esters is 1. The van der Waals surface area contributed by atoms with Crippen molar-refractivity contribution in [3.8, 4) is 0 Å². The largest absolute Gasteiger partial charge is 0.464 e. The van der Waals surface area contributed by atoms with Gasteiger partial charge in [-0.25, -0.2) is 9.78 Å². The van der Waals surface area contributed by atoms with E-state index in [0.29, 0.717) is 30.6 Å². The summed E-state index contributed by atoms with van der Waals surface area (Å²) in [5, 5.41) is 3.10. The number of rotatable bonds is 8. The van der Waals surface area contributed by atoms with Crippen molar-refractivity contribution in [3.05, 3.63) is 17.8 Å².